The number of nitriles is 1. The van der Waals surface area contributed by atoms with Crippen LogP contribution in [0.3, 0.4) is 0 Å². The molecule has 2 aromatic heterocycles. The van der Waals surface area contributed by atoms with Crippen molar-refractivity contribution in [3.8, 4) is 17.2 Å². The molecule has 1 atom stereocenters. The Labute approximate surface area is 186 Å². The monoisotopic (exact) mass is 427 g/mol. The maximum atomic E-state index is 9.48. The molecule has 162 valence electrons. The number of anilines is 1. The van der Waals surface area contributed by atoms with Crippen LogP contribution in [0.25, 0.3) is 22.0 Å². The second-order valence-electron chi connectivity index (χ2n) is 7.80. The van der Waals surface area contributed by atoms with Gasteiger partial charge in [0, 0.05) is 24.5 Å². The van der Waals surface area contributed by atoms with Crippen LogP contribution in [0.4, 0.5) is 6.01 Å². The minimum absolute atomic E-state index is 0.0531. The van der Waals surface area contributed by atoms with Gasteiger partial charge in [0.25, 0.3) is 0 Å². The number of nitrogens with zero attached hydrogens (tertiary/aromatic N) is 4. The summed E-state index contributed by atoms with van der Waals surface area (Å²) in [5.74, 6) is 0.586. The molecule has 0 aliphatic rings. The second kappa shape index (κ2) is 9.58. The van der Waals surface area contributed by atoms with Gasteiger partial charge < -0.3 is 14.8 Å². The number of aryl methyl sites for hydroxylation is 1. The molecule has 0 amide bonds. The van der Waals surface area contributed by atoms with E-state index in [1.807, 2.05) is 43.3 Å². The molecular weight excluding hydrogens is 402 g/mol. The Morgan fingerprint density at radius 2 is 2.03 bits per heavy atom. The molecule has 1 unspecified atom stereocenters. The van der Waals surface area contributed by atoms with Crippen molar-refractivity contribution in [1.82, 2.24) is 15.2 Å². The number of aliphatic hydroxyl groups is 1. The van der Waals surface area contributed by atoms with Crippen molar-refractivity contribution in [2.75, 3.05) is 11.9 Å². The van der Waals surface area contributed by atoms with Crippen LogP contribution in [0.2, 0.25) is 0 Å². The van der Waals surface area contributed by atoms with Crippen LogP contribution >= 0.6 is 0 Å². The standard InChI is InChI=1S/C25H25N5O2/c1-3-18(9-10-31)24-29-30-25(32-24)27-15-17-7-8-21-22(19-6-4-5-16(2)11-19)13-20(14-26)28-23(21)12-17/h4-8,11-13,18,31H,3,9-10,15H2,1-2H3,(H,27,30). The van der Waals surface area contributed by atoms with Gasteiger partial charge in [-0.3, -0.25) is 0 Å². The molecule has 0 aliphatic heterocycles. The number of pyridine rings is 1. The van der Waals surface area contributed by atoms with Crippen LogP contribution in [0.5, 0.6) is 0 Å². The Balaban J connectivity index is 1.59. The number of nitrogens with one attached hydrogen (secondary N) is 1. The first-order chi connectivity index (χ1) is 15.6. The third-order valence-electron chi connectivity index (χ3n) is 5.52. The average Bonchev–Trinajstić information content (AvgIpc) is 3.29. The number of hydrogen-bond acceptors (Lipinski definition) is 7. The summed E-state index contributed by atoms with van der Waals surface area (Å²) in [5.41, 5.74) is 5.35. The summed E-state index contributed by atoms with van der Waals surface area (Å²) in [7, 11) is 0. The summed E-state index contributed by atoms with van der Waals surface area (Å²) in [6, 6.07) is 18.6. The largest absolute Gasteiger partial charge is 0.408 e. The second-order valence-corrected chi connectivity index (χ2v) is 7.80. The maximum absolute atomic E-state index is 9.48. The van der Waals surface area contributed by atoms with Crippen molar-refractivity contribution in [2.45, 2.75) is 39.2 Å². The lowest BCUT2D eigenvalue weighted by atomic mass is 9.98. The van der Waals surface area contributed by atoms with Gasteiger partial charge >= 0.3 is 6.01 Å². The van der Waals surface area contributed by atoms with E-state index in [4.69, 9.17) is 4.42 Å². The van der Waals surface area contributed by atoms with Crippen LogP contribution in [0.15, 0.2) is 52.9 Å². The third kappa shape index (κ3) is 4.61. The molecular formula is C25H25N5O2. The lowest BCUT2D eigenvalue weighted by molar-refractivity contribution is 0.263. The zero-order chi connectivity index (χ0) is 22.5. The fourth-order valence-corrected chi connectivity index (χ4v) is 3.80. The summed E-state index contributed by atoms with van der Waals surface area (Å²) in [4.78, 5) is 4.51. The molecule has 0 saturated heterocycles. The lowest BCUT2D eigenvalue weighted by Crippen LogP contribution is -2.01. The predicted octanol–water partition coefficient (Wildman–Crippen LogP) is 4.95. The molecule has 7 heteroatoms. The summed E-state index contributed by atoms with van der Waals surface area (Å²) in [6.07, 6.45) is 1.42. The van der Waals surface area contributed by atoms with Crippen LogP contribution in [-0.2, 0) is 6.54 Å². The van der Waals surface area contributed by atoms with Crippen LogP contribution in [0.1, 0.15) is 48.4 Å². The van der Waals surface area contributed by atoms with Crippen molar-refractivity contribution in [3.63, 3.8) is 0 Å². The predicted molar refractivity (Wildman–Crippen MR) is 123 cm³/mol. The molecule has 2 N–H and O–H groups in total. The number of aromatic nitrogens is 3. The van der Waals surface area contributed by atoms with Crippen molar-refractivity contribution < 1.29 is 9.52 Å². The molecule has 32 heavy (non-hydrogen) atoms. The topological polar surface area (TPSA) is 108 Å². The molecule has 2 heterocycles. The lowest BCUT2D eigenvalue weighted by Gasteiger charge is -2.10. The van der Waals surface area contributed by atoms with Gasteiger partial charge in [0.1, 0.15) is 11.8 Å². The van der Waals surface area contributed by atoms with Crippen molar-refractivity contribution in [1.29, 1.82) is 5.26 Å². The fraction of sp³-hybridized carbons (Fsp3) is 0.280. The van der Waals surface area contributed by atoms with E-state index in [1.54, 1.807) is 0 Å². The SMILES string of the molecule is CCC(CCO)c1nnc(NCc2ccc3c(-c4cccc(C)c4)cc(C#N)nc3c2)o1. The minimum atomic E-state index is 0.0531. The van der Waals surface area contributed by atoms with Crippen LogP contribution < -0.4 is 5.32 Å². The Morgan fingerprint density at radius 1 is 1.16 bits per heavy atom. The number of benzene rings is 2. The summed E-state index contributed by atoms with van der Waals surface area (Å²) >= 11 is 0. The third-order valence-corrected chi connectivity index (χ3v) is 5.52. The highest BCUT2D eigenvalue weighted by Gasteiger charge is 2.16. The normalized spacial score (nSPS) is 11.9. The van der Waals surface area contributed by atoms with E-state index >= 15 is 0 Å². The summed E-state index contributed by atoms with van der Waals surface area (Å²) in [5, 5.41) is 31.0. The molecule has 4 rings (SSSR count). The van der Waals surface area contributed by atoms with Gasteiger partial charge in [-0.1, -0.05) is 54.0 Å². The number of aliphatic hydroxyl groups excluding tert-OH is 1. The molecule has 0 fully saturated rings. The van der Waals surface area contributed by atoms with E-state index in [9.17, 15) is 10.4 Å². The van der Waals surface area contributed by atoms with Gasteiger partial charge in [-0.25, -0.2) is 4.98 Å². The quantitative estimate of drug-likeness (QED) is 0.409. The maximum Gasteiger partial charge on any atom is 0.315 e. The van der Waals surface area contributed by atoms with Crippen LogP contribution in [-0.4, -0.2) is 26.9 Å². The molecule has 0 aliphatic carbocycles. The molecule has 0 saturated carbocycles. The van der Waals surface area contributed by atoms with E-state index in [-0.39, 0.29) is 12.5 Å². The summed E-state index contributed by atoms with van der Waals surface area (Å²) < 4.78 is 5.72. The minimum Gasteiger partial charge on any atom is -0.408 e. The highest BCUT2D eigenvalue weighted by molar-refractivity contribution is 5.95. The van der Waals surface area contributed by atoms with E-state index < -0.39 is 0 Å². The van der Waals surface area contributed by atoms with Gasteiger partial charge in [-0.2, -0.15) is 5.26 Å². The van der Waals surface area contributed by atoms with Crippen molar-refractivity contribution in [3.05, 3.63) is 71.2 Å². The molecule has 0 bridgehead atoms. The zero-order valence-corrected chi connectivity index (χ0v) is 18.2. The summed E-state index contributed by atoms with van der Waals surface area (Å²) in [6.45, 7) is 4.65. The first-order valence-corrected chi connectivity index (χ1v) is 10.7. The van der Waals surface area contributed by atoms with Gasteiger partial charge in [-0.05, 0) is 48.6 Å². The van der Waals surface area contributed by atoms with Gasteiger partial charge in [0.15, 0.2) is 0 Å². The smallest absolute Gasteiger partial charge is 0.315 e. The Bertz CT molecular complexity index is 1280. The number of rotatable bonds is 8. The molecule has 0 radical (unpaired) electrons. The molecule has 2 aromatic carbocycles. The van der Waals surface area contributed by atoms with Gasteiger partial charge in [-0.15, -0.1) is 5.10 Å². The first-order valence-electron chi connectivity index (χ1n) is 10.7. The molecule has 4 aromatic rings. The Kier molecular flexibility index (Phi) is 6.43. The number of fused-ring (bicyclic) bond motifs is 1. The van der Waals surface area contributed by atoms with Gasteiger partial charge in [0.2, 0.25) is 5.89 Å². The number of hydrogen-bond donors (Lipinski definition) is 2. The highest BCUT2D eigenvalue weighted by Crippen LogP contribution is 2.30. The van der Waals surface area contributed by atoms with Crippen LogP contribution in [0, 0.1) is 18.3 Å². The van der Waals surface area contributed by atoms with Crippen molar-refractivity contribution >= 4 is 16.9 Å². The van der Waals surface area contributed by atoms with E-state index in [0.29, 0.717) is 30.6 Å². The van der Waals surface area contributed by atoms with Gasteiger partial charge in [0.05, 0.1) is 5.52 Å². The molecule has 7 nitrogen and oxygen atoms in total. The van der Waals surface area contributed by atoms with E-state index in [1.165, 1.54) is 0 Å². The van der Waals surface area contributed by atoms with E-state index in [0.717, 1.165) is 39.6 Å². The highest BCUT2D eigenvalue weighted by atomic mass is 16.4. The van der Waals surface area contributed by atoms with Crippen molar-refractivity contribution in [2.24, 2.45) is 0 Å². The Hall–Kier alpha value is -3.76. The first kappa shape index (κ1) is 21.5. The Morgan fingerprint density at radius 3 is 2.78 bits per heavy atom. The zero-order valence-electron chi connectivity index (χ0n) is 18.2. The molecule has 0 spiro atoms. The fourth-order valence-electron chi connectivity index (χ4n) is 3.80. The van der Waals surface area contributed by atoms with E-state index in [2.05, 4.69) is 45.6 Å². The average molecular weight is 428 g/mol.